The van der Waals surface area contributed by atoms with Gasteiger partial charge in [-0.3, -0.25) is 14.5 Å². The fourth-order valence-corrected chi connectivity index (χ4v) is 3.77. The molecule has 1 amide bonds. The predicted molar refractivity (Wildman–Crippen MR) is 98.4 cm³/mol. The van der Waals surface area contributed by atoms with Crippen molar-refractivity contribution in [2.45, 2.75) is 32.7 Å². The van der Waals surface area contributed by atoms with Crippen LogP contribution in [0.3, 0.4) is 0 Å². The maximum absolute atomic E-state index is 12.8. The van der Waals surface area contributed by atoms with Gasteiger partial charge in [-0.1, -0.05) is 11.6 Å². The van der Waals surface area contributed by atoms with Crippen molar-refractivity contribution < 1.29 is 9.59 Å². The zero-order valence-corrected chi connectivity index (χ0v) is 15.2. The molecule has 0 bridgehead atoms. The summed E-state index contributed by atoms with van der Waals surface area (Å²) in [6.45, 7) is 4.86. The molecule has 1 saturated heterocycles. The Morgan fingerprint density at radius 2 is 1.92 bits per heavy atom. The summed E-state index contributed by atoms with van der Waals surface area (Å²) < 4.78 is 2.04. The first-order chi connectivity index (χ1) is 11.9. The van der Waals surface area contributed by atoms with Gasteiger partial charge in [0, 0.05) is 27.7 Å². The molecule has 0 spiro atoms. The normalized spacial score (nSPS) is 17.8. The van der Waals surface area contributed by atoms with Crippen LogP contribution in [-0.4, -0.2) is 40.3 Å². The Kier molecular flexibility index (Phi) is 4.97. The molecule has 2 heterocycles. The third kappa shape index (κ3) is 3.48. The minimum atomic E-state index is -0.350. The lowest BCUT2D eigenvalue weighted by Crippen LogP contribution is -2.42. The zero-order chi connectivity index (χ0) is 18.1. The van der Waals surface area contributed by atoms with E-state index < -0.39 is 0 Å². The average molecular weight is 360 g/mol. The van der Waals surface area contributed by atoms with Crippen LogP contribution >= 0.6 is 11.6 Å². The number of likely N-dealkylation sites (tertiary alicyclic amines) is 1. The molecule has 1 aliphatic rings. The van der Waals surface area contributed by atoms with Crippen LogP contribution in [0, 0.1) is 13.8 Å². The fraction of sp³-hybridized carbons (Fsp3) is 0.368. The molecule has 3 rings (SSSR count). The van der Waals surface area contributed by atoms with Gasteiger partial charge >= 0.3 is 0 Å². The summed E-state index contributed by atoms with van der Waals surface area (Å²) in [4.78, 5) is 26.2. The largest absolute Gasteiger partial charge is 0.368 e. The second kappa shape index (κ2) is 7.02. The van der Waals surface area contributed by atoms with Gasteiger partial charge < -0.3 is 10.3 Å². The maximum atomic E-state index is 12.8. The molecule has 1 fully saturated rings. The standard InChI is InChI=1S/C19H22ClN3O2/c1-12-10-16(13(2)23(12)15-7-5-14(20)6-8-15)18(24)11-22-9-3-4-17(22)19(21)25/h5-8,10,17H,3-4,9,11H2,1-2H3,(H2,21,25). The number of nitrogens with two attached hydrogens (primary N) is 1. The number of nitrogens with zero attached hydrogens (tertiary/aromatic N) is 2. The average Bonchev–Trinajstić information content (AvgIpc) is 3.13. The minimum Gasteiger partial charge on any atom is -0.368 e. The fourth-order valence-electron chi connectivity index (χ4n) is 3.64. The number of rotatable bonds is 5. The molecule has 1 atom stereocenters. The van der Waals surface area contributed by atoms with E-state index in [9.17, 15) is 9.59 Å². The van der Waals surface area contributed by atoms with E-state index in [2.05, 4.69) is 0 Å². The van der Waals surface area contributed by atoms with E-state index >= 15 is 0 Å². The Hall–Kier alpha value is -2.11. The van der Waals surface area contributed by atoms with Gasteiger partial charge in [0.15, 0.2) is 5.78 Å². The quantitative estimate of drug-likeness (QED) is 0.834. The van der Waals surface area contributed by atoms with Crippen molar-refractivity contribution in [3.8, 4) is 5.69 Å². The molecule has 0 radical (unpaired) electrons. The van der Waals surface area contributed by atoms with Gasteiger partial charge in [0.05, 0.1) is 12.6 Å². The number of aryl methyl sites for hydroxylation is 1. The Balaban J connectivity index is 1.86. The van der Waals surface area contributed by atoms with Crippen LogP contribution in [0.2, 0.25) is 5.02 Å². The highest BCUT2D eigenvalue weighted by molar-refractivity contribution is 6.30. The number of carbonyl (C=O) groups is 2. The molecule has 0 aliphatic carbocycles. The van der Waals surface area contributed by atoms with E-state index in [-0.39, 0.29) is 24.3 Å². The Morgan fingerprint density at radius 1 is 1.24 bits per heavy atom. The predicted octanol–water partition coefficient (Wildman–Crippen LogP) is 2.88. The summed E-state index contributed by atoms with van der Waals surface area (Å²) >= 11 is 5.96. The number of hydrogen-bond acceptors (Lipinski definition) is 3. The lowest BCUT2D eigenvalue weighted by molar-refractivity contribution is -0.122. The number of aromatic nitrogens is 1. The molecule has 6 heteroatoms. The molecule has 25 heavy (non-hydrogen) atoms. The summed E-state index contributed by atoms with van der Waals surface area (Å²) in [5, 5.41) is 0.675. The van der Waals surface area contributed by atoms with E-state index in [1.807, 2.05) is 53.6 Å². The van der Waals surface area contributed by atoms with Gasteiger partial charge in [-0.25, -0.2) is 0 Å². The van der Waals surface area contributed by atoms with Crippen LogP contribution < -0.4 is 5.73 Å². The number of halogens is 1. The van der Waals surface area contributed by atoms with Gasteiger partial charge in [-0.2, -0.15) is 0 Å². The Morgan fingerprint density at radius 3 is 2.56 bits per heavy atom. The topological polar surface area (TPSA) is 68.3 Å². The molecule has 5 nitrogen and oxygen atoms in total. The van der Waals surface area contributed by atoms with Crippen molar-refractivity contribution in [2.24, 2.45) is 5.73 Å². The first-order valence-electron chi connectivity index (χ1n) is 8.40. The zero-order valence-electron chi connectivity index (χ0n) is 14.5. The summed E-state index contributed by atoms with van der Waals surface area (Å²) in [6.07, 6.45) is 1.62. The van der Waals surface area contributed by atoms with Crippen molar-refractivity contribution in [1.29, 1.82) is 0 Å². The van der Waals surface area contributed by atoms with Crippen molar-refractivity contribution in [2.75, 3.05) is 13.1 Å². The lowest BCUT2D eigenvalue weighted by Gasteiger charge is -2.20. The third-order valence-electron chi connectivity index (χ3n) is 4.86. The van der Waals surface area contributed by atoms with Crippen LogP contribution in [0.15, 0.2) is 30.3 Å². The monoisotopic (exact) mass is 359 g/mol. The number of amides is 1. The molecular formula is C19H22ClN3O2. The highest BCUT2D eigenvalue weighted by Crippen LogP contribution is 2.24. The second-order valence-corrected chi connectivity index (χ2v) is 6.99. The van der Waals surface area contributed by atoms with Crippen LogP contribution in [0.5, 0.6) is 0 Å². The van der Waals surface area contributed by atoms with Crippen LogP contribution in [0.4, 0.5) is 0 Å². The SMILES string of the molecule is Cc1cc(C(=O)CN2CCCC2C(N)=O)c(C)n1-c1ccc(Cl)cc1. The summed E-state index contributed by atoms with van der Waals surface area (Å²) in [5.74, 6) is -0.335. The number of carbonyl (C=O) groups excluding carboxylic acids is 2. The molecule has 2 N–H and O–H groups in total. The number of primary amides is 1. The highest BCUT2D eigenvalue weighted by atomic mass is 35.5. The van der Waals surface area contributed by atoms with Crippen LogP contribution in [0.1, 0.15) is 34.6 Å². The number of hydrogen-bond donors (Lipinski definition) is 1. The molecular weight excluding hydrogens is 338 g/mol. The van der Waals surface area contributed by atoms with E-state index in [0.29, 0.717) is 10.6 Å². The molecule has 1 aromatic carbocycles. The van der Waals surface area contributed by atoms with Gasteiger partial charge in [0.1, 0.15) is 0 Å². The first kappa shape index (κ1) is 17.7. The van der Waals surface area contributed by atoms with Gasteiger partial charge in [0.2, 0.25) is 5.91 Å². The van der Waals surface area contributed by atoms with Gasteiger partial charge in [-0.15, -0.1) is 0 Å². The molecule has 2 aromatic rings. The molecule has 1 unspecified atom stereocenters. The second-order valence-electron chi connectivity index (χ2n) is 6.55. The molecule has 1 aromatic heterocycles. The van der Waals surface area contributed by atoms with E-state index in [0.717, 1.165) is 36.5 Å². The van der Waals surface area contributed by atoms with Gasteiger partial charge in [-0.05, 0) is 63.6 Å². The molecule has 0 saturated carbocycles. The molecule has 132 valence electrons. The highest BCUT2D eigenvalue weighted by Gasteiger charge is 2.31. The van der Waals surface area contributed by atoms with Crippen molar-refractivity contribution in [1.82, 2.24) is 9.47 Å². The Labute approximate surface area is 152 Å². The summed E-state index contributed by atoms with van der Waals surface area (Å²) in [6, 6.07) is 9.10. The Bertz CT molecular complexity index is 811. The van der Waals surface area contributed by atoms with Crippen LogP contribution in [-0.2, 0) is 4.79 Å². The summed E-state index contributed by atoms with van der Waals surface area (Å²) in [7, 11) is 0. The third-order valence-corrected chi connectivity index (χ3v) is 5.11. The van der Waals surface area contributed by atoms with E-state index in [4.69, 9.17) is 17.3 Å². The van der Waals surface area contributed by atoms with Crippen molar-refractivity contribution in [3.63, 3.8) is 0 Å². The van der Waals surface area contributed by atoms with Crippen molar-refractivity contribution >= 4 is 23.3 Å². The van der Waals surface area contributed by atoms with Gasteiger partial charge in [0.25, 0.3) is 0 Å². The smallest absolute Gasteiger partial charge is 0.234 e. The summed E-state index contributed by atoms with van der Waals surface area (Å²) in [5.41, 5.74) is 8.96. The first-order valence-corrected chi connectivity index (χ1v) is 8.77. The minimum absolute atomic E-state index is 0.0152. The molecule has 1 aliphatic heterocycles. The van der Waals surface area contributed by atoms with E-state index in [1.54, 1.807) is 0 Å². The lowest BCUT2D eigenvalue weighted by atomic mass is 10.1. The van der Waals surface area contributed by atoms with E-state index in [1.165, 1.54) is 0 Å². The maximum Gasteiger partial charge on any atom is 0.234 e. The number of benzene rings is 1. The number of Topliss-reactive ketones (excluding diaryl/α,β-unsaturated/α-hetero) is 1. The van der Waals surface area contributed by atoms with Crippen molar-refractivity contribution in [3.05, 3.63) is 52.3 Å². The number of ketones is 1. The van der Waals surface area contributed by atoms with Crippen LogP contribution in [0.25, 0.3) is 5.69 Å².